The lowest BCUT2D eigenvalue weighted by molar-refractivity contribution is 0.768. The summed E-state index contributed by atoms with van der Waals surface area (Å²) in [6.45, 7) is 6.23. The van der Waals surface area contributed by atoms with Crippen molar-refractivity contribution in [3.63, 3.8) is 0 Å². The molecule has 1 aromatic carbocycles. The molecular weight excluding hydrogens is 276 g/mol. The first-order valence-electron chi connectivity index (χ1n) is 5.68. The van der Waals surface area contributed by atoms with Gasteiger partial charge in [-0.05, 0) is 25.1 Å². The highest BCUT2D eigenvalue weighted by molar-refractivity contribution is 9.10. The highest BCUT2D eigenvalue weighted by Gasteiger charge is 2.07. The summed E-state index contributed by atoms with van der Waals surface area (Å²) in [6, 6.07) is 10.2. The molecule has 0 aliphatic rings. The molecule has 0 fully saturated rings. The van der Waals surface area contributed by atoms with Gasteiger partial charge in [-0.3, -0.25) is 0 Å². The molecule has 0 aliphatic carbocycles. The quantitative estimate of drug-likeness (QED) is 0.822. The minimum absolute atomic E-state index is 0.348. The molecule has 0 amide bonds. The lowest BCUT2D eigenvalue weighted by atomic mass is 10.1. The first-order valence-corrected chi connectivity index (χ1v) is 6.47. The van der Waals surface area contributed by atoms with E-state index in [-0.39, 0.29) is 0 Å². The molecule has 0 saturated heterocycles. The van der Waals surface area contributed by atoms with Gasteiger partial charge in [-0.1, -0.05) is 41.9 Å². The second-order valence-corrected chi connectivity index (χ2v) is 5.33. The van der Waals surface area contributed by atoms with E-state index in [1.165, 1.54) is 0 Å². The highest BCUT2D eigenvalue weighted by Crippen LogP contribution is 2.23. The standard InChI is InChI=1S/C14H15BrN2/c1-9(2)14-16-10(3)7-13(17-14)11-5-4-6-12(15)8-11/h4-9H,1-3H3. The van der Waals surface area contributed by atoms with E-state index in [0.717, 1.165) is 27.2 Å². The number of benzene rings is 1. The summed E-state index contributed by atoms with van der Waals surface area (Å²) in [5.41, 5.74) is 3.12. The smallest absolute Gasteiger partial charge is 0.131 e. The number of nitrogens with zero attached hydrogens (tertiary/aromatic N) is 2. The lowest BCUT2D eigenvalue weighted by Gasteiger charge is -2.08. The minimum Gasteiger partial charge on any atom is -0.238 e. The fraction of sp³-hybridized carbons (Fsp3) is 0.286. The zero-order valence-corrected chi connectivity index (χ0v) is 11.8. The zero-order chi connectivity index (χ0) is 12.4. The SMILES string of the molecule is Cc1cc(-c2cccc(Br)c2)nc(C(C)C)n1. The van der Waals surface area contributed by atoms with Crippen molar-refractivity contribution in [2.45, 2.75) is 26.7 Å². The molecule has 0 atom stereocenters. The average molecular weight is 291 g/mol. The third-order valence-corrected chi connectivity index (χ3v) is 3.00. The minimum atomic E-state index is 0.348. The normalized spacial score (nSPS) is 10.9. The van der Waals surface area contributed by atoms with E-state index in [1.807, 2.05) is 25.1 Å². The van der Waals surface area contributed by atoms with E-state index in [2.05, 4.69) is 51.9 Å². The third kappa shape index (κ3) is 2.91. The second-order valence-electron chi connectivity index (χ2n) is 4.42. The van der Waals surface area contributed by atoms with Crippen LogP contribution in [0.4, 0.5) is 0 Å². The summed E-state index contributed by atoms with van der Waals surface area (Å²) in [5, 5.41) is 0. The maximum Gasteiger partial charge on any atom is 0.131 e. The Morgan fingerprint density at radius 3 is 2.53 bits per heavy atom. The Labute approximate surface area is 110 Å². The van der Waals surface area contributed by atoms with Crippen LogP contribution in [0.1, 0.15) is 31.3 Å². The number of halogens is 1. The van der Waals surface area contributed by atoms with Crippen LogP contribution in [0.3, 0.4) is 0 Å². The lowest BCUT2D eigenvalue weighted by Crippen LogP contribution is -2.00. The molecule has 88 valence electrons. The van der Waals surface area contributed by atoms with Gasteiger partial charge in [-0.2, -0.15) is 0 Å². The molecular formula is C14H15BrN2. The summed E-state index contributed by atoms with van der Waals surface area (Å²) in [5.74, 6) is 1.25. The van der Waals surface area contributed by atoms with Crippen LogP contribution in [-0.4, -0.2) is 9.97 Å². The van der Waals surface area contributed by atoms with Crippen molar-refractivity contribution in [1.82, 2.24) is 9.97 Å². The van der Waals surface area contributed by atoms with E-state index < -0.39 is 0 Å². The Bertz CT molecular complexity index is 535. The number of hydrogen-bond donors (Lipinski definition) is 0. The van der Waals surface area contributed by atoms with Gasteiger partial charge in [-0.25, -0.2) is 9.97 Å². The highest BCUT2D eigenvalue weighted by atomic mass is 79.9. The molecule has 0 bridgehead atoms. The number of aryl methyl sites for hydroxylation is 1. The van der Waals surface area contributed by atoms with Crippen molar-refractivity contribution in [3.05, 3.63) is 46.3 Å². The van der Waals surface area contributed by atoms with Crippen LogP contribution in [0.2, 0.25) is 0 Å². The van der Waals surface area contributed by atoms with Crippen LogP contribution in [0.15, 0.2) is 34.8 Å². The van der Waals surface area contributed by atoms with Gasteiger partial charge in [0, 0.05) is 21.6 Å². The number of aromatic nitrogens is 2. The Hall–Kier alpha value is -1.22. The van der Waals surface area contributed by atoms with Gasteiger partial charge in [0.1, 0.15) is 5.82 Å². The van der Waals surface area contributed by atoms with Crippen molar-refractivity contribution in [2.75, 3.05) is 0 Å². The first-order chi connectivity index (χ1) is 8.06. The van der Waals surface area contributed by atoms with Gasteiger partial charge in [-0.15, -0.1) is 0 Å². The molecule has 2 rings (SSSR count). The van der Waals surface area contributed by atoms with Crippen LogP contribution in [0, 0.1) is 6.92 Å². The van der Waals surface area contributed by atoms with Crippen LogP contribution in [-0.2, 0) is 0 Å². The van der Waals surface area contributed by atoms with Gasteiger partial charge >= 0.3 is 0 Å². The molecule has 0 aliphatic heterocycles. The van der Waals surface area contributed by atoms with Crippen molar-refractivity contribution in [2.24, 2.45) is 0 Å². The fourth-order valence-corrected chi connectivity index (χ4v) is 2.04. The summed E-state index contributed by atoms with van der Waals surface area (Å²) in [6.07, 6.45) is 0. The Kier molecular flexibility index (Phi) is 3.57. The van der Waals surface area contributed by atoms with Gasteiger partial charge in [0.05, 0.1) is 5.69 Å². The molecule has 3 heteroatoms. The van der Waals surface area contributed by atoms with E-state index in [1.54, 1.807) is 0 Å². The molecule has 0 spiro atoms. The van der Waals surface area contributed by atoms with Gasteiger partial charge < -0.3 is 0 Å². The van der Waals surface area contributed by atoms with Crippen molar-refractivity contribution < 1.29 is 0 Å². The molecule has 17 heavy (non-hydrogen) atoms. The molecule has 1 heterocycles. The van der Waals surface area contributed by atoms with Crippen LogP contribution in [0.5, 0.6) is 0 Å². The molecule has 0 unspecified atom stereocenters. The average Bonchev–Trinajstić information content (AvgIpc) is 2.28. The van der Waals surface area contributed by atoms with Crippen LogP contribution >= 0.6 is 15.9 Å². The van der Waals surface area contributed by atoms with E-state index >= 15 is 0 Å². The monoisotopic (exact) mass is 290 g/mol. The maximum atomic E-state index is 4.61. The van der Waals surface area contributed by atoms with E-state index in [4.69, 9.17) is 0 Å². The predicted molar refractivity (Wildman–Crippen MR) is 74.0 cm³/mol. The largest absolute Gasteiger partial charge is 0.238 e. The summed E-state index contributed by atoms with van der Waals surface area (Å²) >= 11 is 3.48. The fourth-order valence-electron chi connectivity index (χ4n) is 1.65. The van der Waals surface area contributed by atoms with E-state index in [9.17, 15) is 0 Å². The molecule has 0 N–H and O–H groups in total. The second kappa shape index (κ2) is 4.96. The molecule has 0 radical (unpaired) electrons. The summed E-state index contributed by atoms with van der Waals surface area (Å²) < 4.78 is 1.07. The Morgan fingerprint density at radius 1 is 1.12 bits per heavy atom. The molecule has 0 saturated carbocycles. The van der Waals surface area contributed by atoms with Crippen molar-refractivity contribution >= 4 is 15.9 Å². The Morgan fingerprint density at radius 2 is 1.88 bits per heavy atom. The third-order valence-electron chi connectivity index (χ3n) is 2.51. The van der Waals surface area contributed by atoms with Gasteiger partial charge in [0.15, 0.2) is 0 Å². The molecule has 2 nitrogen and oxygen atoms in total. The van der Waals surface area contributed by atoms with Crippen LogP contribution in [0.25, 0.3) is 11.3 Å². The molecule has 1 aromatic heterocycles. The van der Waals surface area contributed by atoms with Gasteiger partial charge in [0.2, 0.25) is 0 Å². The predicted octanol–water partition coefficient (Wildman–Crippen LogP) is 4.34. The first kappa shape index (κ1) is 12.2. The molecule has 2 aromatic rings. The zero-order valence-electron chi connectivity index (χ0n) is 10.2. The van der Waals surface area contributed by atoms with Crippen molar-refractivity contribution in [1.29, 1.82) is 0 Å². The number of rotatable bonds is 2. The van der Waals surface area contributed by atoms with E-state index in [0.29, 0.717) is 5.92 Å². The summed E-state index contributed by atoms with van der Waals surface area (Å²) in [7, 11) is 0. The Balaban J connectivity index is 2.52. The summed E-state index contributed by atoms with van der Waals surface area (Å²) in [4.78, 5) is 9.07. The number of hydrogen-bond acceptors (Lipinski definition) is 2. The van der Waals surface area contributed by atoms with Crippen LogP contribution < -0.4 is 0 Å². The van der Waals surface area contributed by atoms with Gasteiger partial charge in [0.25, 0.3) is 0 Å². The van der Waals surface area contributed by atoms with Crippen molar-refractivity contribution in [3.8, 4) is 11.3 Å². The topological polar surface area (TPSA) is 25.8 Å². The maximum absolute atomic E-state index is 4.61.